The first-order valence-corrected chi connectivity index (χ1v) is 8.58. The number of ether oxygens (including phenoxy) is 2. The lowest BCUT2D eigenvalue weighted by Gasteiger charge is -2.16. The summed E-state index contributed by atoms with van der Waals surface area (Å²) in [5.74, 6) is 0.130. The van der Waals surface area contributed by atoms with Crippen molar-refractivity contribution in [2.45, 2.75) is 27.0 Å². The number of alkyl halides is 2. The van der Waals surface area contributed by atoms with Gasteiger partial charge in [-0.3, -0.25) is 4.79 Å². The Morgan fingerprint density at radius 2 is 1.89 bits per heavy atom. The number of carbonyl (C=O) groups excluding carboxylic acids is 1. The zero-order chi connectivity index (χ0) is 20.0. The van der Waals surface area contributed by atoms with Crippen LogP contribution in [-0.4, -0.2) is 33.2 Å². The highest BCUT2D eigenvalue weighted by molar-refractivity contribution is 5.92. The molecule has 1 unspecified atom stereocenters. The molecule has 27 heavy (non-hydrogen) atoms. The van der Waals surface area contributed by atoms with Crippen LogP contribution in [0.3, 0.4) is 0 Å². The Labute approximate surface area is 157 Å². The molecule has 0 fully saturated rings. The standard InChI is InChI=1S/C20H24F2N2O3/c1-13-5-7-16(14(2)9-13)23-19(25)12-24(3)11-15-6-8-17(27-20(21)22)18(10-15)26-4/h5-10,20H,11-12H2,1-4H3,(H,23,25)/p+1. The molecule has 2 aromatic carbocycles. The molecule has 0 bridgehead atoms. The van der Waals surface area contributed by atoms with Gasteiger partial charge in [-0.25, -0.2) is 0 Å². The fourth-order valence-corrected chi connectivity index (χ4v) is 2.85. The summed E-state index contributed by atoms with van der Waals surface area (Å²) in [6, 6.07) is 10.6. The fourth-order valence-electron chi connectivity index (χ4n) is 2.85. The number of hydrogen-bond acceptors (Lipinski definition) is 3. The third kappa shape index (κ3) is 6.21. The van der Waals surface area contributed by atoms with E-state index in [0.29, 0.717) is 6.54 Å². The van der Waals surface area contributed by atoms with Crippen LogP contribution >= 0.6 is 0 Å². The second-order valence-corrected chi connectivity index (χ2v) is 6.54. The first-order chi connectivity index (χ1) is 12.8. The van der Waals surface area contributed by atoms with Crippen LogP contribution in [0.25, 0.3) is 0 Å². The number of likely N-dealkylation sites (N-methyl/N-ethyl adjacent to an activating group) is 1. The molecule has 1 atom stereocenters. The van der Waals surface area contributed by atoms with Crippen LogP contribution in [0.2, 0.25) is 0 Å². The van der Waals surface area contributed by atoms with Crippen molar-refractivity contribution < 1.29 is 27.9 Å². The number of methoxy groups -OCH3 is 1. The number of carbonyl (C=O) groups is 1. The van der Waals surface area contributed by atoms with Gasteiger partial charge in [0.05, 0.1) is 14.2 Å². The summed E-state index contributed by atoms with van der Waals surface area (Å²) in [5, 5.41) is 2.92. The van der Waals surface area contributed by atoms with Crippen LogP contribution in [0.1, 0.15) is 16.7 Å². The van der Waals surface area contributed by atoms with E-state index >= 15 is 0 Å². The quantitative estimate of drug-likeness (QED) is 0.741. The Kier molecular flexibility index (Phi) is 7.12. The molecular weight excluding hydrogens is 354 g/mol. The summed E-state index contributed by atoms with van der Waals surface area (Å²) >= 11 is 0. The summed E-state index contributed by atoms with van der Waals surface area (Å²) in [4.78, 5) is 13.2. The van der Waals surface area contributed by atoms with E-state index in [1.54, 1.807) is 12.1 Å². The van der Waals surface area contributed by atoms with Crippen LogP contribution in [-0.2, 0) is 11.3 Å². The lowest BCUT2D eigenvalue weighted by molar-refractivity contribution is -0.885. The topological polar surface area (TPSA) is 52.0 Å². The van der Waals surface area contributed by atoms with Crippen molar-refractivity contribution in [1.82, 2.24) is 0 Å². The Morgan fingerprint density at radius 3 is 2.52 bits per heavy atom. The van der Waals surface area contributed by atoms with E-state index in [0.717, 1.165) is 27.3 Å². The van der Waals surface area contributed by atoms with Crippen molar-refractivity contribution in [2.24, 2.45) is 0 Å². The van der Waals surface area contributed by atoms with Gasteiger partial charge >= 0.3 is 6.61 Å². The molecule has 0 radical (unpaired) electrons. The molecule has 5 nitrogen and oxygen atoms in total. The summed E-state index contributed by atoms with van der Waals surface area (Å²) in [6.07, 6.45) is 0. The van der Waals surface area contributed by atoms with Crippen molar-refractivity contribution in [3.8, 4) is 11.5 Å². The summed E-state index contributed by atoms with van der Waals surface area (Å²) in [6.45, 7) is 1.85. The predicted molar refractivity (Wildman–Crippen MR) is 99.6 cm³/mol. The molecule has 0 aromatic heterocycles. The largest absolute Gasteiger partial charge is 0.493 e. The number of benzene rings is 2. The molecule has 0 aliphatic carbocycles. The lowest BCUT2D eigenvalue weighted by Crippen LogP contribution is -3.08. The van der Waals surface area contributed by atoms with Gasteiger partial charge < -0.3 is 19.7 Å². The summed E-state index contributed by atoms with van der Waals surface area (Å²) in [7, 11) is 3.28. The zero-order valence-corrected chi connectivity index (χ0v) is 15.9. The van der Waals surface area contributed by atoms with Gasteiger partial charge in [0, 0.05) is 11.3 Å². The monoisotopic (exact) mass is 379 g/mol. The van der Waals surface area contributed by atoms with Gasteiger partial charge in [0.1, 0.15) is 6.54 Å². The van der Waals surface area contributed by atoms with Gasteiger partial charge in [-0.15, -0.1) is 0 Å². The Morgan fingerprint density at radius 1 is 1.15 bits per heavy atom. The van der Waals surface area contributed by atoms with E-state index in [4.69, 9.17) is 4.74 Å². The molecule has 2 N–H and O–H groups in total. The molecule has 0 aliphatic rings. The Balaban J connectivity index is 1.96. The molecule has 0 spiro atoms. The second kappa shape index (κ2) is 9.32. The molecule has 0 aliphatic heterocycles. The molecule has 2 rings (SSSR count). The van der Waals surface area contributed by atoms with Crippen LogP contribution < -0.4 is 19.7 Å². The van der Waals surface area contributed by atoms with Crippen molar-refractivity contribution in [2.75, 3.05) is 26.0 Å². The van der Waals surface area contributed by atoms with Crippen LogP contribution in [0, 0.1) is 13.8 Å². The number of halogens is 2. The van der Waals surface area contributed by atoms with Gasteiger partial charge in [-0.05, 0) is 43.7 Å². The molecule has 0 saturated carbocycles. The maximum Gasteiger partial charge on any atom is 0.387 e. The number of aryl methyl sites for hydroxylation is 2. The van der Waals surface area contributed by atoms with Crippen LogP contribution in [0.5, 0.6) is 11.5 Å². The number of amides is 1. The number of anilines is 1. The molecule has 146 valence electrons. The first kappa shape index (κ1) is 20.6. The Bertz CT molecular complexity index is 797. The normalized spacial score (nSPS) is 12.0. The molecule has 1 amide bonds. The van der Waals surface area contributed by atoms with Gasteiger partial charge in [0.2, 0.25) is 0 Å². The second-order valence-electron chi connectivity index (χ2n) is 6.54. The van der Waals surface area contributed by atoms with E-state index in [1.165, 1.54) is 13.2 Å². The lowest BCUT2D eigenvalue weighted by atomic mass is 10.1. The minimum Gasteiger partial charge on any atom is -0.493 e. The molecule has 0 heterocycles. The highest BCUT2D eigenvalue weighted by atomic mass is 19.3. The third-order valence-electron chi connectivity index (χ3n) is 4.07. The number of rotatable bonds is 8. The number of quaternary nitrogens is 1. The minimum atomic E-state index is -2.91. The highest BCUT2D eigenvalue weighted by Gasteiger charge is 2.15. The fraction of sp³-hybridized carbons (Fsp3) is 0.350. The van der Waals surface area contributed by atoms with Crippen molar-refractivity contribution >= 4 is 11.6 Å². The highest BCUT2D eigenvalue weighted by Crippen LogP contribution is 2.29. The summed E-state index contributed by atoms with van der Waals surface area (Å²) < 4.78 is 34.3. The maximum absolute atomic E-state index is 12.4. The Hall–Kier alpha value is -2.67. The van der Waals surface area contributed by atoms with Gasteiger partial charge in [-0.2, -0.15) is 8.78 Å². The van der Waals surface area contributed by atoms with Crippen molar-refractivity contribution in [3.63, 3.8) is 0 Å². The number of hydrogen-bond donors (Lipinski definition) is 2. The van der Waals surface area contributed by atoms with E-state index < -0.39 is 6.61 Å². The molecule has 7 heteroatoms. The average molecular weight is 379 g/mol. The maximum atomic E-state index is 12.4. The smallest absolute Gasteiger partial charge is 0.387 e. The van der Waals surface area contributed by atoms with Gasteiger partial charge in [-0.1, -0.05) is 17.7 Å². The van der Waals surface area contributed by atoms with E-state index in [1.807, 2.05) is 39.1 Å². The van der Waals surface area contributed by atoms with Gasteiger partial charge in [0.15, 0.2) is 18.0 Å². The molecule has 2 aromatic rings. The predicted octanol–water partition coefficient (Wildman–Crippen LogP) is 2.57. The van der Waals surface area contributed by atoms with Crippen molar-refractivity contribution in [1.29, 1.82) is 0 Å². The summed E-state index contributed by atoms with van der Waals surface area (Å²) in [5.41, 5.74) is 3.81. The van der Waals surface area contributed by atoms with Crippen LogP contribution in [0.4, 0.5) is 14.5 Å². The number of nitrogens with one attached hydrogen (secondary N) is 2. The van der Waals surface area contributed by atoms with E-state index in [2.05, 4.69) is 10.1 Å². The molecular formula is C20H25F2N2O3+. The SMILES string of the molecule is COc1cc(C[NH+](C)CC(=O)Nc2ccc(C)cc2C)ccc1OC(F)F. The third-order valence-corrected chi connectivity index (χ3v) is 4.07. The van der Waals surface area contributed by atoms with E-state index in [-0.39, 0.29) is 24.0 Å². The van der Waals surface area contributed by atoms with Crippen molar-refractivity contribution in [3.05, 3.63) is 53.1 Å². The minimum absolute atomic E-state index is 0.0125. The average Bonchev–Trinajstić information content (AvgIpc) is 2.58. The first-order valence-electron chi connectivity index (χ1n) is 8.58. The van der Waals surface area contributed by atoms with E-state index in [9.17, 15) is 13.6 Å². The molecule has 0 saturated heterocycles. The van der Waals surface area contributed by atoms with Crippen LogP contribution in [0.15, 0.2) is 36.4 Å². The van der Waals surface area contributed by atoms with Gasteiger partial charge in [0.25, 0.3) is 5.91 Å². The zero-order valence-electron chi connectivity index (χ0n) is 15.9.